The Kier molecular flexibility index (Phi) is 3.73. The van der Waals surface area contributed by atoms with E-state index in [1.807, 2.05) is 11.8 Å². The van der Waals surface area contributed by atoms with Gasteiger partial charge in [0.15, 0.2) is 5.82 Å². The Hall–Kier alpha value is -1.43. The van der Waals surface area contributed by atoms with Gasteiger partial charge in [0.2, 0.25) is 11.8 Å². The summed E-state index contributed by atoms with van der Waals surface area (Å²) in [6.07, 6.45) is 5.05. The summed E-state index contributed by atoms with van der Waals surface area (Å²) in [4.78, 5) is 18.9. The number of nitrogens with zero attached hydrogens (tertiary/aromatic N) is 3. The number of hydrogen-bond donors (Lipinski definition) is 1. The van der Waals surface area contributed by atoms with E-state index in [1.54, 1.807) is 6.92 Å². The van der Waals surface area contributed by atoms with Gasteiger partial charge in [0.05, 0.1) is 5.54 Å². The number of carbonyl (C=O) groups excluding carboxylic acids is 1. The van der Waals surface area contributed by atoms with Crippen LogP contribution in [0, 0.1) is 18.8 Å². The van der Waals surface area contributed by atoms with Gasteiger partial charge >= 0.3 is 0 Å². The summed E-state index contributed by atoms with van der Waals surface area (Å²) in [5.41, 5.74) is 5.58. The Bertz CT molecular complexity index is 521. The van der Waals surface area contributed by atoms with E-state index >= 15 is 0 Å². The molecule has 0 aromatic carbocycles. The normalized spacial score (nSPS) is 25.7. The van der Waals surface area contributed by atoms with Crippen LogP contribution in [0.25, 0.3) is 0 Å². The second-order valence-corrected chi connectivity index (χ2v) is 6.75. The molecule has 0 bridgehead atoms. The summed E-state index contributed by atoms with van der Waals surface area (Å²) in [5.74, 6) is 2.21. The Morgan fingerprint density at radius 3 is 2.86 bits per heavy atom. The van der Waals surface area contributed by atoms with Gasteiger partial charge in [0.25, 0.3) is 0 Å². The van der Waals surface area contributed by atoms with Gasteiger partial charge in [-0.05, 0) is 44.4 Å². The third-order valence-corrected chi connectivity index (χ3v) is 4.73. The van der Waals surface area contributed by atoms with E-state index in [9.17, 15) is 4.79 Å². The molecule has 21 heavy (non-hydrogen) atoms. The molecule has 1 aromatic rings. The van der Waals surface area contributed by atoms with Crippen molar-refractivity contribution < 1.29 is 9.32 Å². The first-order valence-corrected chi connectivity index (χ1v) is 7.84. The summed E-state index contributed by atoms with van der Waals surface area (Å²) >= 11 is 0. The van der Waals surface area contributed by atoms with Gasteiger partial charge in [-0.1, -0.05) is 5.16 Å². The topological polar surface area (TPSA) is 85.2 Å². The van der Waals surface area contributed by atoms with Crippen LogP contribution in [0.2, 0.25) is 0 Å². The Balaban J connectivity index is 1.61. The minimum Gasteiger partial charge on any atom is -0.341 e. The van der Waals surface area contributed by atoms with E-state index in [-0.39, 0.29) is 5.91 Å². The lowest BCUT2D eigenvalue weighted by Crippen LogP contribution is -2.57. The highest BCUT2D eigenvalue weighted by Gasteiger charge is 2.46. The average molecular weight is 292 g/mol. The third kappa shape index (κ3) is 3.10. The van der Waals surface area contributed by atoms with Crippen molar-refractivity contribution >= 4 is 5.91 Å². The number of rotatable bonds is 4. The van der Waals surface area contributed by atoms with E-state index in [0.717, 1.165) is 51.0 Å². The Morgan fingerprint density at radius 1 is 1.48 bits per heavy atom. The molecule has 1 amide bonds. The molecular formula is C15H24N4O2. The number of likely N-dealkylation sites (tertiary alicyclic amines) is 1. The molecule has 1 saturated heterocycles. The minimum absolute atomic E-state index is 0.110. The number of aromatic nitrogens is 2. The van der Waals surface area contributed by atoms with E-state index < -0.39 is 5.54 Å². The van der Waals surface area contributed by atoms with Gasteiger partial charge in [0, 0.05) is 26.4 Å². The van der Waals surface area contributed by atoms with Crippen LogP contribution in [0.5, 0.6) is 0 Å². The second-order valence-electron chi connectivity index (χ2n) is 6.75. The summed E-state index contributed by atoms with van der Waals surface area (Å²) in [6.45, 7) is 5.26. The smallest absolute Gasteiger partial charge is 0.242 e. The van der Waals surface area contributed by atoms with Crippen molar-refractivity contribution in [2.75, 3.05) is 13.1 Å². The first-order valence-electron chi connectivity index (χ1n) is 7.84. The number of amides is 1. The van der Waals surface area contributed by atoms with Crippen molar-refractivity contribution in [2.24, 2.45) is 17.6 Å². The van der Waals surface area contributed by atoms with Crippen LogP contribution < -0.4 is 5.73 Å². The fraction of sp³-hybridized carbons (Fsp3) is 0.800. The SMILES string of the molecule is Cc1nc(C[C@H]2CCCN(C(=O)[C@@](C)(N)C3CC3)C2)no1. The van der Waals surface area contributed by atoms with Crippen molar-refractivity contribution in [1.82, 2.24) is 15.0 Å². The Morgan fingerprint density at radius 2 is 2.24 bits per heavy atom. The maximum absolute atomic E-state index is 12.7. The second kappa shape index (κ2) is 5.40. The van der Waals surface area contributed by atoms with Crippen molar-refractivity contribution in [3.63, 3.8) is 0 Å². The van der Waals surface area contributed by atoms with E-state index in [2.05, 4.69) is 10.1 Å². The predicted octanol–water partition coefficient (Wildman–Crippen LogP) is 1.29. The zero-order chi connectivity index (χ0) is 15.0. The fourth-order valence-electron chi connectivity index (χ4n) is 3.30. The lowest BCUT2D eigenvalue weighted by Gasteiger charge is -2.37. The average Bonchev–Trinajstić information content (AvgIpc) is 3.24. The highest BCUT2D eigenvalue weighted by Crippen LogP contribution is 2.39. The number of aryl methyl sites for hydroxylation is 1. The molecule has 2 heterocycles. The van der Waals surface area contributed by atoms with Crippen molar-refractivity contribution in [3.8, 4) is 0 Å². The molecule has 6 nitrogen and oxygen atoms in total. The van der Waals surface area contributed by atoms with Gasteiger partial charge in [-0.3, -0.25) is 4.79 Å². The number of piperidine rings is 1. The first-order chi connectivity index (χ1) is 9.96. The molecule has 2 fully saturated rings. The van der Waals surface area contributed by atoms with Crippen LogP contribution in [0.3, 0.4) is 0 Å². The maximum atomic E-state index is 12.7. The molecule has 2 atom stereocenters. The van der Waals surface area contributed by atoms with E-state index in [0.29, 0.717) is 17.7 Å². The van der Waals surface area contributed by atoms with Gasteiger partial charge in [-0.15, -0.1) is 0 Å². The van der Waals surface area contributed by atoms with Gasteiger partial charge < -0.3 is 15.2 Å². The quantitative estimate of drug-likeness (QED) is 0.903. The summed E-state index contributed by atoms with van der Waals surface area (Å²) < 4.78 is 5.01. The van der Waals surface area contributed by atoms with Crippen LogP contribution >= 0.6 is 0 Å². The monoisotopic (exact) mass is 292 g/mol. The third-order valence-electron chi connectivity index (χ3n) is 4.73. The first kappa shape index (κ1) is 14.5. The molecule has 1 aliphatic carbocycles. The van der Waals surface area contributed by atoms with Crippen molar-refractivity contribution in [2.45, 2.75) is 51.5 Å². The van der Waals surface area contributed by atoms with Gasteiger partial charge in [-0.2, -0.15) is 4.98 Å². The molecular weight excluding hydrogens is 268 g/mol. The largest absolute Gasteiger partial charge is 0.341 e. The molecule has 3 rings (SSSR count). The Labute approximate surface area is 125 Å². The molecule has 116 valence electrons. The molecule has 1 aromatic heterocycles. The molecule has 2 aliphatic rings. The van der Waals surface area contributed by atoms with E-state index in [1.165, 1.54) is 0 Å². The maximum Gasteiger partial charge on any atom is 0.242 e. The highest BCUT2D eigenvalue weighted by atomic mass is 16.5. The van der Waals surface area contributed by atoms with Crippen molar-refractivity contribution in [1.29, 1.82) is 0 Å². The molecule has 0 radical (unpaired) electrons. The zero-order valence-corrected chi connectivity index (χ0v) is 12.8. The van der Waals surface area contributed by atoms with Gasteiger partial charge in [-0.25, -0.2) is 0 Å². The van der Waals surface area contributed by atoms with Crippen LogP contribution in [-0.2, 0) is 11.2 Å². The molecule has 0 spiro atoms. The van der Waals surface area contributed by atoms with E-state index in [4.69, 9.17) is 10.3 Å². The lowest BCUT2D eigenvalue weighted by atomic mass is 9.90. The fourth-order valence-corrected chi connectivity index (χ4v) is 3.30. The highest BCUT2D eigenvalue weighted by molar-refractivity contribution is 5.86. The molecule has 1 aliphatic heterocycles. The number of carbonyl (C=O) groups is 1. The lowest BCUT2D eigenvalue weighted by molar-refractivity contribution is -0.139. The number of hydrogen-bond acceptors (Lipinski definition) is 5. The molecule has 2 N–H and O–H groups in total. The summed E-state index contributed by atoms with van der Waals surface area (Å²) in [6, 6.07) is 0. The van der Waals surface area contributed by atoms with Crippen LogP contribution in [0.1, 0.15) is 44.3 Å². The molecule has 6 heteroatoms. The zero-order valence-electron chi connectivity index (χ0n) is 12.8. The molecule has 0 unspecified atom stereocenters. The van der Waals surface area contributed by atoms with Crippen molar-refractivity contribution in [3.05, 3.63) is 11.7 Å². The van der Waals surface area contributed by atoms with Crippen LogP contribution in [0.4, 0.5) is 0 Å². The molecule has 1 saturated carbocycles. The minimum atomic E-state index is -0.690. The van der Waals surface area contributed by atoms with Crippen LogP contribution in [0.15, 0.2) is 4.52 Å². The summed E-state index contributed by atoms with van der Waals surface area (Å²) in [7, 11) is 0. The van der Waals surface area contributed by atoms with Crippen LogP contribution in [-0.4, -0.2) is 39.6 Å². The number of nitrogens with two attached hydrogens (primary N) is 1. The predicted molar refractivity (Wildman–Crippen MR) is 77.4 cm³/mol. The van der Waals surface area contributed by atoms with Gasteiger partial charge in [0.1, 0.15) is 0 Å². The standard InChI is InChI=1S/C15H24N4O2/c1-10-17-13(18-21-10)8-11-4-3-7-19(9-11)14(20)15(2,16)12-5-6-12/h11-12H,3-9,16H2,1-2H3/t11-,15+/m1/s1. The summed E-state index contributed by atoms with van der Waals surface area (Å²) in [5, 5.41) is 3.95.